The van der Waals surface area contributed by atoms with Crippen LogP contribution in [0.15, 0.2) is 72.8 Å². The number of anilines is 1. The summed E-state index contributed by atoms with van der Waals surface area (Å²) in [6.45, 7) is -0.466. The number of amides is 4. The molecule has 186 valence electrons. The molecule has 0 saturated heterocycles. The molecule has 4 amide bonds. The number of benzene rings is 3. The third-order valence-electron chi connectivity index (χ3n) is 6.10. The van der Waals surface area contributed by atoms with Crippen molar-refractivity contribution in [2.75, 3.05) is 11.9 Å². The molecule has 1 heterocycles. The Bertz CT molecular complexity index is 1380. The number of fused-ring (bicyclic) bond motifs is 1. The third-order valence-corrected chi connectivity index (χ3v) is 6.10. The molecule has 37 heavy (non-hydrogen) atoms. The predicted octanol–water partition coefficient (Wildman–Crippen LogP) is 3.17. The fourth-order valence-electron chi connectivity index (χ4n) is 3.99. The highest BCUT2D eigenvalue weighted by molar-refractivity contribution is 6.21. The van der Waals surface area contributed by atoms with Crippen molar-refractivity contribution in [2.45, 2.75) is 25.4 Å². The van der Waals surface area contributed by atoms with Crippen LogP contribution in [0.2, 0.25) is 0 Å². The topological polar surface area (TPSA) is 122 Å². The molecule has 3 aromatic rings. The number of imide groups is 1. The van der Waals surface area contributed by atoms with Crippen LogP contribution in [0.3, 0.4) is 0 Å². The lowest BCUT2D eigenvalue weighted by Crippen LogP contribution is -2.29. The minimum absolute atomic E-state index is 0.0673. The first kappa shape index (κ1) is 23.9. The van der Waals surface area contributed by atoms with E-state index in [1.807, 2.05) is 0 Å². The molecule has 1 aliphatic carbocycles. The van der Waals surface area contributed by atoms with E-state index >= 15 is 0 Å². The maximum atomic E-state index is 12.5. The van der Waals surface area contributed by atoms with Crippen LogP contribution in [0.25, 0.3) is 0 Å². The van der Waals surface area contributed by atoms with E-state index < -0.39 is 18.5 Å². The summed E-state index contributed by atoms with van der Waals surface area (Å²) in [7, 11) is 0. The molecular formula is C28H23N3O6. The first-order valence-corrected chi connectivity index (χ1v) is 11.8. The number of nitrogens with one attached hydrogen (secondary N) is 2. The third kappa shape index (κ3) is 5.25. The second-order valence-electron chi connectivity index (χ2n) is 8.86. The Morgan fingerprint density at radius 1 is 0.838 bits per heavy atom. The molecule has 2 aliphatic rings. The summed E-state index contributed by atoms with van der Waals surface area (Å²) in [6, 6.07) is 19.7. The normalized spacial score (nSPS) is 14.2. The number of hydrogen-bond acceptors (Lipinski definition) is 6. The van der Waals surface area contributed by atoms with Crippen molar-refractivity contribution in [2.24, 2.45) is 0 Å². The number of rotatable bonds is 8. The average molecular weight is 498 g/mol. The van der Waals surface area contributed by atoms with Crippen molar-refractivity contribution in [1.82, 2.24) is 10.2 Å². The van der Waals surface area contributed by atoms with Crippen molar-refractivity contribution in [1.29, 1.82) is 0 Å². The zero-order chi connectivity index (χ0) is 25.9. The van der Waals surface area contributed by atoms with Crippen LogP contribution in [0.4, 0.5) is 5.69 Å². The summed E-state index contributed by atoms with van der Waals surface area (Å²) in [6.07, 6.45) is 1.89. The molecule has 0 bridgehead atoms. The number of ether oxygens (including phenoxy) is 1. The lowest BCUT2D eigenvalue weighted by molar-refractivity contribution is -0.119. The molecule has 2 N–H and O–H groups in total. The van der Waals surface area contributed by atoms with E-state index in [-0.39, 0.29) is 35.9 Å². The second kappa shape index (κ2) is 10.1. The van der Waals surface area contributed by atoms with E-state index in [1.54, 1.807) is 60.7 Å². The zero-order valence-electron chi connectivity index (χ0n) is 19.7. The van der Waals surface area contributed by atoms with Crippen LogP contribution in [0.1, 0.15) is 59.8 Å². The van der Waals surface area contributed by atoms with E-state index in [4.69, 9.17) is 4.74 Å². The van der Waals surface area contributed by atoms with Crippen LogP contribution in [-0.4, -0.2) is 47.1 Å². The molecule has 0 unspecified atom stereocenters. The number of para-hydroxylation sites is 1. The Morgan fingerprint density at radius 3 is 2.11 bits per heavy atom. The highest BCUT2D eigenvalue weighted by Gasteiger charge is 2.35. The van der Waals surface area contributed by atoms with Gasteiger partial charge in [0, 0.05) is 6.04 Å². The van der Waals surface area contributed by atoms with Crippen LogP contribution in [-0.2, 0) is 16.1 Å². The van der Waals surface area contributed by atoms with Crippen molar-refractivity contribution in [3.63, 3.8) is 0 Å². The van der Waals surface area contributed by atoms with Crippen molar-refractivity contribution in [3.8, 4) is 0 Å². The van der Waals surface area contributed by atoms with E-state index in [9.17, 15) is 24.0 Å². The molecule has 9 nitrogen and oxygen atoms in total. The first-order valence-electron chi connectivity index (χ1n) is 11.8. The molecule has 0 atom stereocenters. The SMILES string of the molecule is O=C(COC(=O)c1ccc(CN2C(=O)c3ccccc3C2=O)cc1)Nc1ccccc1C(=O)NC1CC1. The van der Waals surface area contributed by atoms with Gasteiger partial charge >= 0.3 is 5.97 Å². The monoisotopic (exact) mass is 497 g/mol. The maximum Gasteiger partial charge on any atom is 0.338 e. The van der Waals surface area contributed by atoms with Gasteiger partial charge in [0.2, 0.25) is 0 Å². The fraction of sp³-hybridized carbons (Fsp3) is 0.179. The largest absolute Gasteiger partial charge is 0.452 e. The van der Waals surface area contributed by atoms with E-state index in [1.165, 1.54) is 12.1 Å². The first-order chi connectivity index (χ1) is 17.9. The van der Waals surface area contributed by atoms with Gasteiger partial charge in [-0.1, -0.05) is 36.4 Å². The van der Waals surface area contributed by atoms with Gasteiger partial charge in [-0.2, -0.15) is 0 Å². The van der Waals surface area contributed by atoms with Crippen molar-refractivity contribution < 1.29 is 28.7 Å². The molecule has 9 heteroatoms. The highest BCUT2D eigenvalue weighted by Crippen LogP contribution is 2.24. The standard InChI is InChI=1S/C28H23N3O6/c32-24(30-23-8-4-3-7-22(23)25(33)29-19-13-14-19)16-37-28(36)18-11-9-17(10-12-18)15-31-26(34)20-5-1-2-6-21(20)27(31)35/h1-12,19H,13-16H2,(H,29,33)(H,30,32). The van der Waals surface area contributed by atoms with E-state index in [2.05, 4.69) is 10.6 Å². The van der Waals surface area contributed by atoms with Gasteiger partial charge in [0.05, 0.1) is 34.5 Å². The summed E-state index contributed by atoms with van der Waals surface area (Å²) in [5.41, 5.74) is 2.28. The quantitative estimate of drug-likeness (QED) is 0.364. The lowest BCUT2D eigenvalue weighted by Gasteiger charge is -2.14. The summed E-state index contributed by atoms with van der Waals surface area (Å²) < 4.78 is 5.12. The predicted molar refractivity (Wildman–Crippen MR) is 133 cm³/mol. The molecule has 0 spiro atoms. The van der Waals surface area contributed by atoms with Gasteiger partial charge < -0.3 is 15.4 Å². The minimum Gasteiger partial charge on any atom is -0.452 e. The zero-order valence-corrected chi connectivity index (χ0v) is 19.7. The molecule has 0 aromatic heterocycles. The van der Waals surface area contributed by atoms with E-state index in [0.29, 0.717) is 27.9 Å². The van der Waals surface area contributed by atoms with Crippen LogP contribution in [0, 0.1) is 0 Å². The lowest BCUT2D eigenvalue weighted by atomic mass is 10.1. The van der Waals surface area contributed by atoms with Gasteiger partial charge in [-0.3, -0.25) is 24.1 Å². The summed E-state index contributed by atoms with van der Waals surface area (Å²) in [5, 5.41) is 5.49. The fourth-order valence-corrected chi connectivity index (χ4v) is 3.99. The Morgan fingerprint density at radius 2 is 1.46 bits per heavy atom. The number of hydrogen-bond donors (Lipinski definition) is 2. The Hall–Kier alpha value is -4.79. The molecule has 5 rings (SSSR count). The van der Waals surface area contributed by atoms with Crippen LogP contribution in [0.5, 0.6) is 0 Å². The molecule has 1 aliphatic heterocycles. The maximum absolute atomic E-state index is 12.5. The molecule has 1 fully saturated rings. The highest BCUT2D eigenvalue weighted by atomic mass is 16.5. The number of carbonyl (C=O) groups excluding carboxylic acids is 5. The van der Waals surface area contributed by atoms with Gasteiger partial charge in [-0.15, -0.1) is 0 Å². The van der Waals surface area contributed by atoms with Gasteiger partial charge in [-0.05, 0) is 54.8 Å². The van der Waals surface area contributed by atoms with Gasteiger partial charge in [-0.25, -0.2) is 4.79 Å². The van der Waals surface area contributed by atoms with Crippen LogP contribution >= 0.6 is 0 Å². The van der Waals surface area contributed by atoms with Gasteiger partial charge in [0.1, 0.15) is 0 Å². The minimum atomic E-state index is -0.706. The Balaban J connectivity index is 1.15. The second-order valence-corrected chi connectivity index (χ2v) is 8.86. The summed E-state index contributed by atoms with van der Waals surface area (Å²) >= 11 is 0. The van der Waals surface area contributed by atoms with Gasteiger partial charge in [0.15, 0.2) is 6.61 Å². The molecule has 3 aromatic carbocycles. The Labute approximate surface area is 212 Å². The summed E-state index contributed by atoms with van der Waals surface area (Å²) in [5.74, 6) is -2.27. The molecule has 0 radical (unpaired) electrons. The number of esters is 1. The number of carbonyl (C=O) groups is 5. The molecule has 1 saturated carbocycles. The van der Waals surface area contributed by atoms with Crippen molar-refractivity contribution in [3.05, 3.63) is 101 Å². The molecular weight excluding hydrogens is 474 g/mol. The summed E-state index contributed by atoms with van der Waals surface area (Å²) in [4.78, 5) is 63.4. The average Bonchev–Trinajstić information content (AvgIpc) is 3.70. The smallest absolute Gasteiger partial charge is 0.338 e. The van der Waals surface area contributed by atoms with Crippen molar-refractivity contribution >= 4 is 35.3 Å². The Kier molecular flexibility index (Phi) is 6.51. The number of nitrogens with zero attached hydrogens (tertiary/aromatic N) is 1. The van der Waals surface area contributed by atoms with Gasteiger partial charge in [0.25, 0.3) is 23.6 Å². The van der Waals surface area contributed by atoms with Crippen LogP contribution < -0.4 is 10.6 Å². The van der Waals surface area contributed by atoms with E-state index in [0.717, 1.165) is 17.7 Å².